The minimum absolute atomic E-state index is 0.0123. The van der Waals surface area contributed by atoms with Gasteiger partial charge in [-0.25, -0.2) is 0 Å². The molecule has 2 amide bonds. The van der Waals surface area contributed by atoms with Crippen LogP contribution in [0.25, 0.3) is 0 Å². The Hall–Kier alpha value is -1.88. The third-order valence-electron chi connectivity index (χ3n) is 2.63. The molecule has 1 fully saturated rings. The summed E-state index contributed by atoms with van der Waals surface area (Å²) in [5.41, 5.74) is 0.378. The lowest BCUT2D eigenvalue weighted by Gasteiger charge is -2.09. The van der Waals surface area contributed by atoms with E-state index in [2.05, 4.69) is 10.3 Å². The number of carbonyl (C=O) groups excluding carboxylic acids is 2. The molecule has 0 aromatic heterocycles. The van der Waals surface area contributed by atoms with Crippen molar-refractivity contribution in [3.8, 4) is 0 Å². The lowest BCUT2D eigenvalue weighted by atomic mass is 10.1. The number of amidine groups is 1. The van der Waals surface area contributed by atoms with Crippen LogP contribution in [-0.4, -0.2) is 23.9 Å². The standard InChI is InChI=1S/C13H13ClN2O3/c1-7(2)10-12(18)16-13(19-10)15-11(17)8-3-5-9(14)6-4-8/h3-7,10H,1-2H3,(H,15,16,17,18)/t10-/m1/s1. The van der Waals surface area contributed by atoms with Crippen molar-refractivity contribution in [1.82, 2.24) is 5.32 Å². The monoisotopic (exact) mass is 280 g/mol. The van der Waals surface area contributed by atoms with Crippen molar-refractivity contribution in [2.75, 3.05) is 0 Å². The molecule has 2 rings (SSSR count). The largest absolute Gasteiger partial charge is 0.451 e. The molecule has 0 saturated carbocycles. The van der Waals surface area contributed by atoms with Crippen molar-refractivity contribution in [3.05, 3.63) is 34.9 Å². The van der Waals surface area contributed by atoms with Crippen molar-refractivity contribution < 1.29 is 14.3 Å². The number of aliphatic imine (C=N–C) groups is 1. The van der Waals surface area contributed by atoms with E-state index in [1.54, 1.807) is 24.3 Å². The summed E-state index contributed by atoms with van der Waals surface area (Å²) in [6, 6.07) is 6.26. The Morgan fingerprint density at radius 3 is 2.53 bits per heavy atom. The van der Waals surface area contributed by atoms with Gasteiger partial charge < -0.3 is 4.74 Å². The molecule has 100 valence electrons. The number of ether oxygens (including phenoxy) is 1. The van der Waals surface area contributed by atoms with Crippen molar-refractivity contribution in [1.29, 1.82) is 0 Å². The van der Waals surface area contributed by atoms with Crippen LogP contribution in [0.4, 0.5) is 0 Å². The van der Waals surface area contributed by atoms with Crippen LogP contribution in [0.2, 0.25) is 5.02 Å². The maximum atomic E-state index is 11.8. The fourth-order valence-corrected chi connectivity index (χ4v) is 1.75. The minimum Gasteiger partial charge on any atom is -0.451 e. The predicted molar refractivity (Wildman–Crippen MR) is 71.1 cm³/mol. The number of rotatable bonds is 2. The molecule has 1 aliphatic heterocycles. The highest BCUT2D eigenvalue weighted by molar-refractivity contribution is 6.30. The summed E-state index contributed by atoms with van der Waals surface area (Å²) in [5, 5.41) is 2.98. The normalized spacial score (nSPS) is 20.5. The topological polar surface area (TPSA) is 67.8 Å². The number of hydrogen-bond acceptors (Lipinski definition) is 3. The molecule has 1 aromatic carbocycles. The van der Waals surface area contributed by atoms with E-state index in [0.717, 1.165) is 0 Å². The second-order valence-corrected chi connectivity index (χ2v) is 4.94. The molecule has 1 atom stereocenters. The van der Waals surface area contributed by atoms with Gasteiger partial charge in [0.25, 0.3) is 11.8 Å². The van der Waals surface area contributed by atoms with Crippen LogP contribution in [0.15, 0.2) is 29.3 Å². The molecular weight excluding hydrogens is 268 g/mol. The molecule has 5 nitrogen and oxygen atoms in total. The third-order valence-corrected chi connectivity index (χ3v) is 2.88. The van der Waals surface area contributed by atoms with E-state index in [9.17, 15) is 9.59 Å². The van der Waals surface area contributed by atoms with Crippen LogP contribution < -0.4 is 5.32 Å². The number of benzene rings is 1. The second kappa shape index (κ2) is 5.40. The van der Waals surface area contributed by atoms with E-state index < -0.39 is 12.0 Å². The minimum atomic E-state index is -0.600. The number of halogens is 1. The van der Waals surface area contributed by atoms with Gasteiger partial charge in [-0.1, -0.05) is 25.4 Å². The van der Waals surface area contributed by atoms with E-state index in [1.165, 1.54) is 0 Å². The van der Waals surface area contributed by atoms with Crippen molar-refractivity contribution >= 4 is 29.4 Å². The van der Waals surface area contributed by atoms with Gasteiger partial charge in [0.15, 0.2) is 6.10 Å². The van der Waals surface area contributed by atoms with E-state index in [1.807, 2.05) is 13.8 Å². The smallest absolute Gasteiger partial charge is 0.300 e. The van der Waals surface area contributed by atoms with Crippen LogP contribution >= 0.6 is 11.6 Å². The Morgan fingerprint density at radius 2 is 2.00 bits per heavy atom. The Morgan fingerprint density at radius 1 is 1.37 bits per heavy atom. The summed E-state index contributed by atoms with van der Waals surface area (Å²) in [7, 11) is 0. The zero-order chi connectivity index (χ0) is 14.0. The molecule has 0 unspecified atom stereocenters. The summed E-state index contributed by atoms with van der Waals surface area (Å²) in [6.45, 7) is 3.71. The Kier molecular flexibility index (Phi) is 3.85. The molecule has 0 bridgehead atoms. The van der Waals surface area contributed by atoms with Crippen LogP contribution in [0.3, 0.4) is 0 Å². The van der Waals surface area contributed by atoms with Gasteiger partial charge >= 0.3 is 6.02 Å². The van der Waals surface area contributed by atoms with E-state index in [-0.39, 0.29) is 17.8 Å². The highest BCUT2D eigenvalue weighted by Crippen LogP contribution is 2.14. The van der Waals surface area contributed by atoms with Gasteiger partial charge in [-0.2, -0.15) is 4.99 Å². The summed E-state index contributed by atoms with van der Waals surface area (Å²) in [6.07, 6.45) is -0.600. The molecule has 1 aliphatic rings. The molecule has 1 aromatic rings. The molecule has 1 heterocycles. The maximum Gasteiger partial charge on any atom is 0.300 e. The summed E-state index contributed by atoms with van der Waals surface area (Å²) < 4.78 is 5.29. The van der Waals surface area contributed by atoms with Gasteiger partial charge in [-0.3, -0.25) is 14.9 Å². The van der Waals surface area contributed by atoms with E-state index >= 15 is 0 Å². The fourth-order valence-electron chi connectivity index (χ4n) is 1.62. The summed E-state index contributed by atoms with van der Waals surface area (Å²) in [4.78, 5) is 27.1. The van der Waals surface area contributed by atoms with E-state index in [4.69, 9.17) is 16.3 Å². The van der Waals surface area contributed by atoms with Gasteiger partial charge in [0.05, 0.1) is 0 Å². The van der Waals surface area contributed by atoms with Gasteiger partial charge in [0.2, 0.25) is 0 Å². The quantitative estimate of drug-likeness (QED) is 0.901. The molecule has 6 heteroatoms. The number of nitrogens with one attached hydrogen (secondary N) is 1. The SMILES string of the molecule is CC(C)[C@H]1OC(=NC(=O)c2ccc(Cl)cc2)NC1=O. The fraction of sp³-hybridized carbons (Fsp3) is 0.308. The molecule has 1 N–H and O–H groups in total. The maximum absolute atomic E-state index is 11.8. The Bertz CT molecular complexity index is 537. The molecule has 19 heavy (non-hydrogen) atoms. The summed E-state index contributed by atoms with van der Waals surface area (Å²) >= 11 is 5.73. The Labute approximate surface area is 115 Å². The zero-order valence-corrected chi connectivity index (χ0v) is 11.3. The Balaban J connectivity index is 2.12. The van der Waals surface area contributed by atoms with Crippen LogP contribution in [0.1, 0.15) is 24.2 Å². The van der Waals surface area contributed by atoms with Crippen LogP contribution in [-0.2, 0) is 9.53 Å². The zero-order valence-electron chi connectivity index (χ0n) is 10.5. The number of hydrogen-bond donors (Lipinski definition) is 1. The second-order valence-electron chi connectivity index (χ2n) is 4.50. The van der Waals surface area contributed by atoms with Gasteiger partial charge in [0, 0.05) is 10.6 Å². The molecule has 0 spiro atoms. The molecule has 1 saturated heterocycles. The number of nitrogens with zero attached hydrogens (tertiary/aromatic N) is 1. The predicted octanol–water partition coefficient (Wildman–Crippen LogP) is 2.01. The van der Waals surface area contributed by atoms with Gasteiger partial charge in [0.1, 0.15) is 0 Å². The first-order chi connectivity index (χ1) is 8.97. The number of carbonyl (C=O) groups is 2. The average Bonchev–Trinajstić information content (AvgIpc) is 2.71. The highest BCUT2D eigenvalue weighted by Gasteiger charge is 2.33. The van der Waals surface area contributed by atoms with E-state index in [0.29, 0.717) is 10.6 Å². The van der Waals surface area contributed by atoms with Crippen molar-refractivity contribution in [3.63, 3.8) is 0 Å². The lowest BCUT2D eigenvalue weighted by molar-refractivity contribution is -0.124. The summed E-state index contributed by atoms with van der Waals surface area (Å²) in [5.74, 6) is -0.757. The first-order valence-corrected chi connectivity index (χ1v) is 6.21. The lowest BCUT2D eigenvalue weighted by Crippen LogP contribution is -2.28. The van der Waals surface area contributed by atoms with Crippen LogP contribution in [0, 0.1) is 5.92 Å². The molecular formula is C13H13ClN2O3. The van der Waals surface area contributed by atoms with Crippen LogP contribution in [0.5, 0.6) is 0 Å². The van der Waals surface area contributed by atoms with Gasteiger partial charge in [-0.05, 0) is 30.2 Å². The average molecular weight is 281 g/mol. The highest BCUT2D eigenvalue weighted by atomic mass is 35.5. The van der Waals surface area contributed by atoms with Crippen molar-refractivity contribution in [2.24, 2.45) is 10.9 Å². The van der Waals surface area contributed by atoms with Gasteiger partial charge in [-0.15, -0.1) is 0 Å². The van der Waals surface area contributed by atoms with Crippen molar-refractivity contribution in [2.45, 2.75) is 20.0 Å². The first kappa shape index (κ1) is 13.5. The third kappa shape index (κ3) is 3.12. The molecule has 0 radical (unpaired) electrons. The number of amides is 2. The first-order valence-electron chi connectivity index (χ1n) is 5.83. The molecule has 0 aliphatic carbocycles.